The lowest BCUT2D eigenvalue weighted by molar-refractivity contribution is 0.102. The van der Waals surface area contributed by atoms with Crippen molar-refractivity contribution in [3.63, 3.8) is 0 Å². The molecule has 2 aromatic carbocycles. The predicted molar refractivity (Wildman–Crippen MR) is 82.3 cm³/mol. The quantitative estimate of drug-likeness (QED) is 0.789. The van der Waals surface area contributed by atoms with E-state index in [0.717, 1.165) is 27.3 Å². The summed E-state index contributed by atoms with van der Waals surface area (Å²) < 4.78 is 0. The van der Waals surface area contributed by atoms with Crippen LogP contribution in [0.4, 0.5) is 5.69 Å². The molecule has 2 aromatic rings. The number of hydrogen-bond acceptors (Lipinski definition) is 2. The average molecular weight is 271 g/mol. The summed E-state index contributed by atoms with van der Waals surface area (Å²) in [6.07, 6.45) is 0. The molecule has 0 spiro atoms. The monoisotopic (exact) mass is 271 g/mol. The highest BCUT2D eigenvalue weighted by molar-refractivity contribution is 7.80. The minimum absolute atomic E-state index is 0.0919. The Morgan fingerprint density at radius 2 is 1.63 bits per heavy atom. The average Bonchev–Trinajstić information content (AvgIpc) is 2.37. The molecule has 2 rings (SSSR count). The van der Waals surface area contributed by atoms with Gasteiger partial charge in [-0.2, -0.15) is 0 Å². The first-order valence-corrected chi connectivity index (χ1v) is 6.61. The summed E-state index contributed by atoms with van der Waals surface area (Å²) in [7, 11) is 0. The van der Waals surface area contributed by atoms with Crippen LogP contribution in [0.5, 0.6) is 0 Å². The normalized spacial score (nSPS) is 10.3. The molecule has 0 aliphatic heterocycles. The summed E-state index contributed by atoms with van der Waals surface area (Å²) in [5.41, 5.74) is 4.62. The van der Waals surface area contributed by atoms with E-state index < -0.39 is 0 Å². The molecule has 3 heteroatoms. The highest BCUT2D eigenvalue weighted by Gasteiger charge is 2.12. The number of rotatable bonds is 2. The molecule has 19 heavy (non-hydrogen) atoms. The van der Waals surface area contributed by atoms with Gasteiger partial charge in [-0.05, 0) is 49.6 Å². The second-order valence-electron chi connectivity index (χ2n) is 4.72. The fourth-order valence-electron chi connectivity index (χ4n) is 2.05. The van der Waals surface area contributed by atoms with Crippen molar-refractivity contribution in [1.82, 2.24) is 0 Å². The van der Waals surface area contributed by atoms with Crippen molar-refractivity contribution in [2.24, 2.45) is 0 Å². The number of aryl methyl sites for hydroxylation is 3. The van der Waals surface area contributed by atoms with Gasteiger partial charge in [0.1, 0.15) is 0 Å². The van der Waals surface area contributed by atoms with E-state index in [-0.39, 0.29) is 5.91 Å². The van der Waals surface area contributed by atoms with Crippen LogP contribution in [0.2, 0.25) is 0 Å². The zero-order chi connectivity index (χ0) is 14.0. The molecule has 0 fully saturated rings. The van der Waals surface area contributed by atoms with Crippen molar-refractivity contribution in [2.75, 3.05) is 5.32 Å². The number of carbonyl (C=O) groups is 1. The Bertz CT molecular complexity index is 614. The zero-order valence-electron chi connectivity index (χ0n) is 11.3. The van der Waals surface area contributed by atoms with Crippen LogP contribution < -0.4 is 5.32 Å². The van der Waals surface area contributed by atoms with Crippen LogP contribution in [0, 0.1) is 20.8 Å². The zero-order valence-corrected chi connectivity index (χ0v) is 12.2. The summed E-state index contributed by atoms with van der Waals surface area (Å²) in [5, 5.41) is 2.99. The van der Waals surface area contributed by atoms with Gasteiger partial charge in [0.2, 0.25) is 0 Å². The molecule has 98 valence electrons. The van der Waals surface area contributed by atoms with Gasteiger partial charge in [-0.3, -0.25) is 4.79 Å². The van der Waals surface area contributed by atoms with Crippen LogP contribution in [0.15, 0.2) is 41.3 Å². The van der Waals surface area contributed by atoms with Crippen molar-refractivity contribution in [3.05, 3.63) is 58.7 Å². The first-order valence-electron chi connectivity index (χ1n) is 6.16. The van der Waals surface area contributed by atoms with Crippen molar-refractivity contribution < 1.29 is 4.79 Å². The molecule has 0 unspecified atom stereocenters. The lowest BCUT2D eigenvalue weighted by atomic mass is 10.1. The van der Waals surface area contributed by atoms with Crippen molar-refractivity contribution in [1.29, 1.82) is 0 Å². The van der Waals surface area contributed by atoms with E-state index in [0.29, 0.717) is 5.56 Å². The van der Waals surface area contributed by atoms with Gasteiger partial charge in [-0.1, -0.05) is 24.3 Å². The fourth-order valence-corrected chi connectivity index (χ4v) is 2.25. The molecule has 1 N–H and O–H groups in total. The standard InChI is InChI=1S/C16H17NOS/c1-10-7-8-13(19)9-14(10)16(18)17-15-11(2)5-4-6-12(15)3/h4-9,19H,1-3H3,(H,17,18). The Kier molecular flexibility index (Phi) is 3.96. The maximum Gasteiger partial charge on any atom is 0.255 e. The summed E-state index contributed by atoms with van der Waals surface area (Å²) in [5.74, 6) is -0.0919. The number of nitrogens with one attached hydrogen (secondary N) is 1. The third kappa shape index (κ3) is 2.99. The molecular weight excluding hydrogens is 254 g/mol. The molecule has 0 aromatic heterocycles. The molecule has 0 aliphatic rings. The third-order valence-corrected chi connectivity index (χ3v) is 3.46. The number of carbonyl (C=O) groups excluding carboxylic acids is 1. The molecule has 0 saturated carbocycles. The van der Waals surface area contributed by atoms with Gasteiger partial charge in [-0.25, -0.2) is 0 Å². The second kappa shape index (κ2) is 5.49. The van der Waals surface area contributed by atoms with Crippen LogP contribution in [-0.2, 0) is 0 Å². The number of thiol groups is 1. The first kappa shape index (κ1) is 13.7. The Morgan fingerprint density at radius 1 is 1.00 bits per heavy atom. The molecule has 0 heterocycles. The van der Waals surface area contributed by atoms with Gasteiger partial charge in [0.15, 0.2) is 0 Å². The van der Waals surface area contributed by atoms with E-state index in [9.17, 15) is 4.79 Å². The predicted octanol–water partition coefficient (Wildman–Crippen LogP) is 4.15. The fraction of sp³-hybridized carbons (Fsp3) is 0.188. The number of hydrogen-bond donors (Lipinski definition) is 2. The van der Waals surface area contributed by atoms with Gasteiger partial charge in [0.05, 0.1) is 0 Å². The molecule has 0 radical (unpaired) electrons. The van der Waals surface area contributed by atoms with E-state index in [4.69, 9.17) is 0 Å². The Hall–Kier alpha value is -1.74. The van der Waals surface area contributed by atoms with E-state index in [1.165, 1.54) is 0 Å². The van der Waals surface area contributed by atoms with E-state index in [1.54, 1.807) is 6.07 Å². The number of anilines is 1. The molecule has 0 atom stereocenters. The SMILES string of the molecule is Cc1ccc(S)cc1C(=O)Nc1c(C)cccc1C. The largest absolute Gasteiger partial charge is 0.321 e. The van der Waals surface area contributed by atoms with Crippen molar-refractivity contribution >= 4 is 24.2 Å². The molecule has 0 aliphatic carbocycles. The van der Waals surface area contributed by atoms with E-state index >= 15 is 0 Å². The minimum atomic E-state index is -0.0919. The van der Waals surface area contributed by atoms with Gasteiger partial charge in [0.25, 0.3) is 5.91 Å². The van der Waals surface area contributed by atoms with Crippen LogP contribution in [0.1, 0.15) is 27.0 Å². The summed E-state index contributed by atoms with van der Waals surface area (Å²) in [6, 6.07) is 11.5. The molecule has 0 saturated heterocycles. The van der Waals surface area contributed by atoms with Gasteiger partial charge >= 0.3 is 0 Å². The minimum Gasteiger partial charge on any atom is -0.321 e. The summed E-state index contributed by atoms with van der Waals surface area (Å²) in [6.45, 7) is 5.90. The van der Waals surface area contributed by atoms with E-state index in [1.807, 2.05) is 51.1 Å². The Morgan fingerprint density at radius 3 is 2.26 bits per heavy atom. The number of benzene rings is 2. The summed E-state index contributed by atoms with van der Waals surface area (Å²) in [4.78, 5) is 13.1. The van der Waals surface area contributed by atoms with Crippen molar-refractivity contribution in [2.45, 2.75) is 25.7 Å². The second-order valence-corrected chi connectivity index (χ2v) is 5.24. The smallest absolute Gasteiger partial charge is 0.255 e. The maximum absolute atomic E-state index is 12.3. The van der Waals surface area contributed by atoms with Crippen molar-refractivity contribution in [3.8, 4) is 0 Å². The lowest BCUT2D eigenvalue weighted by Gasteiger charge is -2.13. The van der Waals surface area contributed by atoms with Gasteiger partial charge < -0.3 is 5.32 Å². The third-order valence-electron chi connectivity index (χ3n) is 3.19. The topological polar surface area (TPSA) is 29.1 Å². The summed E-state index contributed by atoms with van der Waals surface area (Å²) >= 11 is 4.28. The Labute approximate surface area is 119 Å². The lowest BCUT2D eigenvalue weighted by Crippen LogP contribution is -2.15. The Balaban J connectivity index is 2.34. The van der Waals surface area contributed by atoms with Gasteiger partial charge in [0, 0.05) is 16.1 Å². The molecule has 1 amide bonds. The maximum atomic E-state index is 12.3. The highest BCUT2D eigenvalue weighted by atomic mass is 32.1. The van der Waals surface area contributed by atoms with Crippen LogP contribution in [0.3, 0.4) is 0 Å². The van der Waals surface area contributed by atoms with E-state index in [2.05, 4.69) is 17.9 Å². The number of para-hydroxylation sites is 1. The highest BCUT2D eigenvalue weighted by Crippen LogP contribution is 2.21. The van der Waals surface area contributed by atoms with Gasteiger partial charge in [-0.15, -0.1) is 12.6 Å². The first-order chi connectivity index (χ1) is 8.99. The molecule has 0 bridgehead atoms. The molecular formula is C16H17NOS. The number of amides is 1. The van der Waals surface area contributed by atoms with Crippen LogP contribution >= 0.6 is 12.6 Å². The van der Waals surface area contributed by atoms with Crippen LogP contribution in [0.25, 0.3) is 0 Å². The molecule has 2 nitrogen and oxygen atoms in total. The van der Waals surface area contributed by atoms with Crippen LogP contribution in [-0.4, -0.2) is 5.91 Å².